The molecule has 0 aliphatic heterocycles. The fourth-order valence-corrected chi connectivity index (χ4v) is 2.16. The molecule has 1 amide bonds. The highest BCUT2D eigenvalue weighted by Gasteiger charge is 2.31. The number of nitrogens with one attached hydrogen (secondary N) is 1. The normalized spacial score (nSPS) is 12.4. The molecule has 130 valence electrons. The van der Waals surface area contributed by atoms with Crippen molar-refractivity contribution in [2.45, 2.75) is 39.9 Å². The number of pyridine rings is 1. The minimum Gasteiger partial charge on any atom is -0.296 e. The molecule has 2 aromatic rings. The molecule has 9 heteroatoms. The van der Waals surface area contributed by atoms with Gasteiger partial charge in [-0.25, -0.2) is 9.97 Å². The Labute approximate surface area is 136 Å². The quantitative estimate of drug-likeness (QED) is 0.866. The summed E-state index contributed by atoms with van der Waals surface area (Å²) in [5, 5.41) is 2.40. The highest BCUT2D eigenvalue weighted by atomic mass is 19.4. The first kappa shape index (κ1) is 17.9. The summed E-state index contributed by atoms with van der Waals surface area (Å²) < 4.78 is 39.3. The number of rotatable bonds is 4. The lowest BCUT2D eigenvalue weighted by Crippen LogP contribution is -2.24. The van der Waals surface area contributed by atoms with Gasteiger partial charge < -0.3 is 0 Å². The average Bonchev–Trinajstić information content (AvgIpc) is 2.72. The molecule has 6 nitrogen and oxygen atoms in total. The van der Waals surface area contributed by atoms with Crippen LogP contribution in [0.2, 0.25) is 0 Å². The number of imidazole rings is 1. The maximum absolute atomic E-state index is 12.9. The van der Waals surface area contributed by atoms with E-state index in [2.05, 4.69) is 15.3 Å². The lowest BCUT2D eigenvalue weighted by Gasteiger charge is -2.17. The molecular formula is C15H17F3N4O2. The second-order valence-electron chi connectivity index (χ2n) is 6.62. The van der Waals surface area contributed by atoms with Crippen molar-refractivity contribution in [3.05, 3.63) is 17.8 Å². The van der Waals surface area contributed by atoms with Crippen molar-refractivity contribution in [2.24, 2.45) is 5.41 Å². The number of carbonyl (C=O) groups excluding carboxylic acids is 2. The molecular weight excluding hydrogens is 325 g/mol. The number of halogens is 3. The zero-order chi connectivity index (χ0) is 18.1. The predicted molar refractivity (Wildman–Crippen MR) is 81.7 cm³/mol. The van der Waals surface area contributed by atoms with Gasteiger partial charge in [-0.15, -0.1) is 0 Å². The number of anilines is 1. The third-order valence-corrected chi connectivity index (χ3v) is 3.01. The van der Waals surface area contributed by atoms with Gasteiger partial charge >= 0.3 is 6.18 Å². The maximum Gasteiger partial charge on any atom is 0.406 e. The first-order chi connectivity index (χ1) is 11.0. The Morgan fingerprint density at radius 1 is 1.25 bits per heavy atom. The van der Waals surface area contributed by atoms with Crippen molar-refractivity contribution in [2.75, 3.05) is 5.32 Å². The Hall–Kier alpha value is -2.45. The smallest absolute Gasteiger partial charge is 0.296 e. The molecule has 0 atom stereocenters. The maximum atomic E-state index is 12.9. The molecule has 2 aromatic heterocycles. The summed E-state index contributed by atoms with van der Waals surface area (Å²) in [6.45, 7) is 4.14. The van der Waals surface area contributed by atoms with E-state index in [-0.39, 0.29) is 34.6 Å². The predicted octanol–water partition coefficient (Wildman–Crippen LogP) is 3.18. The van der Waals surface area contributed by atoms with E-state index in [9.17, 15) is 22.8 Å². The topological polar surface area (TPSA) is 76.9 Å². The van der Waals surface area contributed by atoms with Crippen LogP contribution >= 0.6 is 0 Å². The van der Waals surface area contributed by atoms with Gasteiger partial charge in [0.25, 0.3) is 0 Å². The van der Waals surface area contributed by atoms with Crippen LogP contribution in [0.5, 0.6) is 0 Å². The first-order valence-corrected chi connectivity index (χ1v) is 7.17. The molecule has 0 spiro atoms. The van der Waals surface area contributed by atoms with E-state index in [4.69, 9.17) is 0 Å². The zero-order valence-corrected chi connectivity index (χ0v) is 13.4. The van der Waals surface area contributed by atoms with Crippen molar-refractivity contribution in [3.63, 3.8) is 0 Å². The molecule has 0 aliphatic carbocycles. The summed E-state index contributed by atoms with van der Waals surface area (Å²) in [7, 11) is 0. The van der Waals surface area contributed by atoms with Crippen molar-refractivity contribution in [3.8, 4) is 0 Å². The summed E-state index contributed by atoms with van der Waals surface area (Å²) in [6.07, 6.45) is -3.98. The lowest BCUT2D eigenvalue weighted by atomic mass is 9.92. The summed E-state index contributed by atoms with van der Waals surface area (Å²) in [5.74, 6) is -0.691. The van der Waals surface area contributed by atoms with Gasteiger partial charge in [0.15, 0.2) is 11.9 Å². The fraction of sp³-hybridized carbons (Fsp3) is 0.467. The Bertz CT molecular complexity index is 775. The van der Waals surface area contributed by atoms with Gasteiger partial charge in [0.2, 0.25) is 11.9 Å². The number of hydrogen-bond donors (Lipinski definition) is 1. The van der Waals surface area contributed by atoms with E-state index in [1.807, 2.05) is 20.8 Å². The van der Waals surface area contributed by atoms with Gasteiger partial charge in [-0.05, 0) is 17.5 Å². The van der Waals surface area contributed by atoms with Gasteiger partial charge in [-0.1, -0.05) is 20.8 Å². The van der Waals surface area contributed by atoms with E-state index in [1.54, 1.807) is 0 Å². The largest absolute Gasteiger partial charge is 0.406 e. The average molecular weight is 342 g/mol. The van der Waals surface area contributed by atoms with Gasteiger partial charge in [0.1, 0.15) is 17.8 Å². The molecule has 0 fully saturated rings. The Morgan fingerprint density at radius 2 is 1.92 bits per heavy atom. The second-order valence-corrected chi connectivity index (χ2v) is 6.62. The monoisotopic (exact) mass is 342 g/mol. The first-order valence-electron chi connectivity index (χ1n) is 7.17. The highest BCUT2D eigenvalue weighted by Crippen LogP contribution is 2.26. The van der Waals surface area contributed by atoms with Crippen LogP contribution in [-0.4, -0.2) is 32.9 Å². The minimum atomic E-state index is -4.53. The number of nitrogens with zero attached hydrogens (tertiary/aromatic N) is 3. The summed E-state index contributed by atoms with van der Waals surface area (Å²) in [5.41, 5.74) is -0.286. The second kappa shape index (κ2) is 6.21. The third-order valence-electron chi connectivity index (χ3n) is 3.01. The molecule has 0 bridgehead atoms. The summed E-state index contributed by atoms with van der Waals surface area (Å²) in [6, 6.07) is 2.74. The lowest BCUT2D eigenvalue weighted by molar-refractivity contribution is -0.139. The van der Waals surface area contributed by atoms with E-state index in [0.29, 0.717) is 6.29 Å². The van der Waals surface area contributed by atoms with Crippen LogP contribution in [0.4, 0.5) is 19.1 Å². The Balaban J connectivity index is 2.45. The van der Waals surface area contributed by atoms with Crippen LogP contribution < -0.4 is 5.32 Å². The van der Waals surface area contributed by atoms with Crippen LogP contribution in [0.3, 0.4) is 0 Å². The standard InChI is InChI=1S/C15H17F3N4O2/c1-14(2,3)6-11(24)21-13-20-10-5-4-9(7-23)19-12(10)22(13)8-15(16,17)18/h4-5,7H,6,8H2,1-3H3,(H,20,21,24). The molecule has 0 aliphatic rings. The molecule has 24 heavy (non-hydrogen) atoms. The third kappa shape index (κ3) is 4.53. The minimum absolute atomic E-state index is 0.0154. The number of carbonyl (C=O) groups is 2. The summed E-state index contributed by atoms with van der Waals surface area (Å²) in [4.78, 5) is 30.7. The molecule has 0 saturated carbocycles. The van der Waals surface area contributed by atoms with Crippen molar-refractivity contribution >= 4 is 29.3 Å². The fourth-order valence-electron chi connectivity index (χ4n) is 2.16. The van der Waals surface area contributed by atoms with Crippen molar-refractivity contribution < 1.29 is 22.8 Å². The SMILES string of the molecule is CC(C)(C)CC(=O)Nc1nc2ccc(C=O)nc2n1CC(F)(F)F. The number of aromatic nitrogens is 3. The van der Waals surface area contributed by atoms with Crippen LogP contribution in [0.15, 0.2) is 12.1 Å². The molecule has 0 saturated heterocycles. The van der Waals surface area contributed by atoms with Crippen LogP contribution in [0, 0.1) is 5.41 Å². The van der Waals surface area contributed by atoms with Gasteiger partial charge in [0.05, 0.1) is 0 Å². The van der Waals surface area contributed by atoms with E-state index >= 15 is 0 Å². The van der Waals surface area contributed by atoms with Crippen LogP contribution in [0.25, 0.3) is 11.2 Å². The number of aldehydes is 1. The molecule has 2 rings (SSSR count). The molecule has 0 radical (unpaired) electrons. The van der Waals surface area contributed by atoms with Crippen molar-refractivity contribution in [1.29, 1.82) is 0 Å². The van der Waals surface area contributed by atoms with E-state index in [1.165, 1.54) is 12.1 Å². The number of alkyl halides is 3. The van der Waals surface area contributed by atoms with Gasteiger partial charge in [-0.2, -0.15) is 13.2 Å². The molecule has 0 unspecified atom stereocenters. The molecule has 1 N–H and O–H groups in total. The number of fused-ring (bicyclic) bond motifs is 1. The van der Waals surface area contributed by atoms with E-state index < -0.39 is 18.6 Å². The number of amides is 1. The van der Waals surface area contributed by atoms with Crippen LogP contribution in [0.1, 0.15) is 37.7 Å². The zero-order valence-electron chi connectivity index (χ0n) is 13.4. The van der Waals surface area contributed by atoms with Gasteiger partial charge in [0, 0.05) is 6.42 Å². The highest BCUT2D eigenvalue weighted by molar-refractivity contribution is 5.91. The Morgan fingerprint density at radius 3 is 2.46 bits per heavy atom. The number of hydrogen-bond acceptors (Lipinski definition) is 4. The summed E-state index contributed by atoms with van der Waals surface area (Å²) >= 11 is 0. The molecule has 0 aromatic carbocycles. The van der Waals surface area contributed by atoms with Crippen LogP contribution in [-0.2, 0) is 11.3 Å². The Kier molecular flexibility index (Phi) is 4.63. The van der Waals surface area contributed by atoms with Gasteiger partial charge in [-0.3, -0.25) is 19.5 Å². The van der Waals surface area contributed by atoms with E-state index in [0.717, 1.165) is 4.57 Å². The molecule has 2 heterocycles. The van der Waals surface area contributed by atoms with Crippen molar-refractivity contribution in [1.82, 2.24) is 14.5 Å².